The molecule has 1 N–H and O–H groups in total. The van der Waals surface area contributed by atoms with Crippen LogP contribution in [-0.2, 0) is 6.42 Å². The monoisotopic (exact) mass is 241 g/mol. The molecule has 1 aliphatic carbocycles. The average molecular weight is 241 g/mol. The molecule has 0 saturated heterocycles. The molecule has 3 heteroatoms. The summed E-state index contributed by atoms with van der Waals surface area (Å²) in [6.07, 6.45) is 2.53. The Kier molecular flexibility index (Phi) is 2.67. The fourth-order valence-corrected chi connectivity index (χ4v) is 2.63. The van der Waals surface area contributed by atoms with Crippen LogP contribution in [-0.4, -0.2) is 5.91 Å². The maximum atomic E-state index is 12.0. The van der Waals surface area contributed by atoms with Crippen LogP contribution in [0, 0.1) is 5.92 Å². The Bertz CT molecular complexity index is 560. The summed E-state index contributed by atoms with van der Waals surface area (Å²) >= 11 is 0. The molecule has 1 amide bonds. The maximum Gasteiger partial charge on any atom is 0.287 e. The first-order valence-corrected chi connectivity index (χ1v) is 6.18. The molecular weight excluding hydrogens is 226 g/mol. The smallest absolute Gasteiger partial charge is 0.287 e. The van der Waals surface area contributed by atoms with Gasteiger partial charge in [-0.3, -0.25) is 4.79 Å². The van der Waals surface area contributed by atoms with Crippen molar-refractivity contribution < 1.29 is 9.21 Å². The van der Waals surface area contributed by atoms with Crippen LogP contribution in [0.3, 0.4) is 0 Å². The van der Waals surface area contributed by atoms with E-state index >= 15 is 0 Å². The van der Waals surface area contributed by atoms with Gasteiger partial charge in [0.25, 0.3) is 5.91 Å². The van der Waals surface area contributed by atoms with Gasteiger partial charge in [0.05, 0.1) is 12.3 Å². The predicted molar refractivity (Wildman–Crippen MR) is 68.2 cm³/mol. The van der Waals surface area contributed by atoms with Crippen LogP contribution < -0.4 is 5.32 Å². The van der Waals surface area contributed by atoms with E-state index in [-0.39, 0.29) is 11.9 Å². The minimum Gasteiger partial charge on any atom is -0.459 e. The van der Waals surface area contributed by atoms with Gasteiger partial charge < -0.3 is 9.73 Å². The molecule has 3 rings (SSSR count). The number of amides is 1. The third-order valence-corrected chi connectivity index (χ3v) is 3.53. The molecule has 2 atom stereocenters. The van der Waals surface area contributed by atoms with Crippen LogP contribution in [0.1, 0.15) is 34.6 Å². The van der Waals surface area contributed by atoms with Gasteiger partial charge in [-0.1, -0.05) is 31.2 Å². The SMILES string of the molecule is C[C@@H]1Cc2ccccc2[C@H]1NC(=O)c1ccco1. The third-order valence-electron chi connectivity index (χ3n) is 3.53. The number of hydrogen-bond donors (Lipinski definition) is 1. The van der Waals surface area contributed by atoms with Crippen molar-refractivity contribution in [2.24, 2.45) is 5.92 Å². The summed E-state index contributed by atoms with van der Waals surface area (Å²) in [6, 6.07) is 11.8. The van der Waals surface area contributed by atoms with Crippen LogP contribution in [0.4, 0.5) is 0 Å². The van der Waals surface area contributed by atoms with E-state index in [4.69, 9.17) is 4.42 Å². The zero-order valence-electron chi connectivity index (χ0n) is 10.2. The van der Waals surface area contributed by atoms with Gasteiger partial charge in [-0.15, -0.1) is 0 Å². The lowest BCUT2D eigenvalue weighted by Crippen LogP contribution is -2.30. The molecule has 18 heavy (non-hydrogen) atoms. The fraction of sp³-hybridized carbons (Fsp3) is 0.267. The molecule has 0 radical (unpaired) electrons. The highest BCUT2D eigenvalue weighted by Gasteiger charge is 2.30. The van der Waals surface area contributed by atoms with Gasteiger partial charge >= 0.3 is 0 Å². The first-order chi connectivity index (χ1) is 8.75. The number of furan rings is 1. The molecule has 1 aliphatic rings. The average Bonchev–Trinajstić information content (AvgIpc) is 2.98. The van der Waals surface area contributed by atoms with Crippen molar-refractivity contribution in [2.45, 2.75) is 19.4 Å². The number of benzene rings is 1. The largest absolute Gasteiger partial charge is 0.459 e. The topological polar surface area (TPSA) is 42.2 Å². The van der Waals surface area contributed by atoms with Crippen LogP contribution in [0.2, 0.25) is 0 Å². The molecule has 2 aromatic rings. The molecule has 0 aliphatic heterocycles. The first kappa shape index (κ1) is 11.1. The summed E-state index contributed by atoms with van der Waals surface area (Å²) in [5.74, 6) is 0.640. The van der Waals surface area contributed by atoms with Crippen molar-refractivity contribution >= 4 is 5.91 Å². The van der Waals surface area contributed by atoms with Gasteiger partial charge in [0.1, 0.15) is 0 Å². The second-order valence-corrected chi connectivity index (χ2v) is 4.81. The van der Waals surface area contributed by atoms with Crippen LogP contribution in [0.15, 0.2) is 47.1 Å². The maximum absolute atomic E-state index is 12.0. The number of carbonyl (C=O) groups is 1. The normalized spacial score (nSPS) is 21.6. The summed E-state index contributed by atoms with van der Waals surface area (Å²) in [6.45, 7) is 2.16. The van der Waals surface area contributed by atoms with Crippen molar-refractivity contribution in [3.63, 3.8) is 0 Å². The molecule has 0 spiro atoms. The number of hydrogen-bond acceptors (Lipinski definition) is 2. The van der Waals surface area contributed by atoms with E-state index in [1.54, 1.807) is 12.1 Å². The Labute approximate surface area is 106 Å². The molecule has 0 unspecified atom stereocenters. The van der Waals surface area contributed by atoms with Crippen LogP contribution >= 0.6 is 0 Å². The van der Waals surface area contributed by atoms with Gasteiger partial charge in [-0.05, 0) is 35.6 Å². The second-order valence-electron chi connectivity index (χ2n) is 4.81. The lowest BCUT2D eigenvalue weighted by molar-refractivity contribution is 0.0899. The van der Waals surface area contributed by atoms with E-state index in [0.717, 1.165) is 6.42 Å². The summed E-state index contributed by atoms with van der Waals surface area (Å²) in [5, 5.41) is 3.05. The molecular formula is C15H15NO2. The van der Waals surface area contributed by atoms with Crippen molar-refractivity contribution in [1.82, 2.24) is 5.32 Å². The summed E-state index contributed by atoms with van der Waals surface area (Å²) in [7, 11) is 0. The summed E-state index contributed by atoms with van der Waals surface area (Å²) in [4.78, 5) is 12.0. The lowest BCUT2D eigenvalue weighted by atomic mass is 10.0. The zero-order valence-corrected chi connectivity index (χ0v) is 10.2. The lowest BCUT2D eigenvalue weighted by Gasteiger charge is -2.17. The highest BCUT2D eigenvalue weighted by Crippen LogP contribution is 2.35. The van der Waals surface area contributed by atoms with Crippen molar-refractivity contribution in [3.8, 4) is 0 Å². The molecule has 0 saturated carbocycles. The Morgan fingerprint density at radius 1 is 1.28 bits per heavy atom. The van der Waals surface area contributed by atoms with Crippen molar-refractivity contribution in [3.05, 3.63) is 59.5 Å². The van der Waals surface area contributed by atoms with E-state index in [1.807, 2.05) is 12.1 Å². The number of carbonyl (C=O) groups excluding carboxylic acids is 1. The van der Waals surface area contributed by atoms with E-state index in [2.05, 4.69) is 24.4 Å². The van der Waals surface area contributed by atoms with E-state index in [0.29, 0.717) is 11.7 Å². The standard InChI is InChI=1S/C15H15NO2/c1-10-9-11-5-2-3-6-12(11)14(10)16-15(17)13-7-4-8-18-13/h2-8,10,14H,9H2,1H3,(H,16,17)/t10-,14+/m1/s1. The molecule has 3 nitrogen and oxygen atoms in total. The summed E-state index contributed by atoms with van der Waals surface area (Å²) < 4.78 is 5.12. The van der Waals surface area contributed by atoms with E-state index in [9.17, 15) is 4.79 Å². The molecule has 1 heterocycles. The van der Waals surface area contributed by atoms with E-state index in [1.165, 1.54) is 17.4 Å². The van der Waals surface area contributed by atoms with Gasteiger partial charge in [0.15, 0.2) is 5.76 Å². The van der Waals surface area contributed by atoms with E-state index < -0.39 is 0 Å². The Balaban J connectivity index is 1.83. The molecule has 92 valence electrons. The zero-order chi connectivity index (χ0) is 12.5. The second kappa shape index (κ2) is 4.33. The number of fused-ring (bicyclic) bond motifs is 1. The highest BCUT2D eigenvalue weighted by atomic mass is 16.3. The van der Waals surface area contributed by atoms with Crippen LogP contribution in [0.5, 0.6) is 0 Å². The Morgan fingerprint density at radius 2 is 2.11 bits per heavy atom. The first-order valence-electron chi connectivity index (χ1n) is 6.18. The highest BCUT2D eigenvalue weighted by molar-refractivity contribution is 5.91. The third kappa shape index (κ3) is 1.82. The van der Waals surface area contributed by atoms with Crippen molar-refractivity contribution in [2.75, 3.05) is 0 Å². The van der Waals surface area contributed by atoms with Crippen molar-refractivity contribution in [1.29, 1.82) is 0 Å². The molecule has 1 aromatic heterocycles. The number of rotatable bonds is 2. The number of nitrogens with one attached hydrogen (secondary N) is 1. The molecule has 0 bridgehead atoms. The van der Waals surface area contributed by atoms with Gasteiger partial charge in [-0.2, -0.15) is 0 Å². The van der Waals surface area contributed by atoms with Crippen LogP contribution in [0.25, 0.3) is 0 Å². The Hall–Kier alpha value is -2.03. The summed E-state index contributed by atoms with van der Waals surface area (Å²) in [5.41, 5.74) is 2.56. The van der Waals surface area contributed by atoms with Gasteiger partial charge in [0, 0.05) is 0 Å². The molecule has 1 aromatic carbocycles. The van der Waals surface area contributed by atoms with Gasteiger partial charge in [-0.25, -0.2) is 0 Å². The predicted octanol–water partition coefficient (Wildman–Crippen LogP) is 2.94. The molecule has 0 fully saturated rings. The minimum atomic E-state index is -0.145. The minimum absolute atomic E-state index is 0.0822. The quantitative estimate of drug-likeness (QED) is 0.878. The van der Waals surface area contributed by atoms with Gasteiger partial charge in [0.2, 0.25) is 0 Å². The Morgan fingerprint density at radius 3 is 2.89 bits per heavy atom. The fourth-order valence-electron chi connectivity index (χ4n) is 2.63.